The fraction of sp³-hybridized carbons (Fsp3) is 0.833. The van der Waals surface area contributed by atoms with E-state index in [0.29, 0.717) is 10.9 Å². The predicted molar refractivity (Wildman–Crippen MR) is 44.2 cm³/mol. The summed E-state index contributed by atoms with van der Waals surface area (Å²) in [5.74, 6) is 0.405. The third kappa shape index (κ3) is 2.77. The second kappa shape index (κ2) is 3.80. The maximum Gasteiger partial charge on any atom is 0.0900 e. The van der Waals surface area contributed by atoms with Crippen molar-refractivity contribution in [3.05, 3.63) is 0 Å². The van der Waals surface area contributed by atoms with Crippen LogP contribution in [0.1, 0.15) is 20.3 Å². The highest BCUT2D eigenvalue weighted by atomic mass is 32.1. The van der Waals surface area contributed by atoms with Crippen molar-refractivity contribution < 1.29 is 0 Å². The van der Waals surface area contributed by atoms with Crippen LogP contribution in [-0.4, -0.2) is 11.0 Å². The first-order valence-corrected chi connectivity index (χ1v) is 3.55. The molecule has 9 heavy (non-hydrogen) atoms. The molecule has 3 heteroatoms. The molecule has 0 saturated carbocycles. The van der Waals surface area contributed by atoms with Crippen molar-refractivity contribution in [1.82, 2.24) is 0 Å². The summed E-state index contributed by atoms with van der Waals surface area (Å²) in [7, 11) is 0. The van der Waals surface area contributed by atoms with E-state index in [2.05, 4.69) is 6.92 Å². The smallest absolute Gasteiger partial charge is 0.0900 e. The molecule has 0 aromatic rings. The van der Waals surface area contributed by atoms with Crippen LogP contribution in [0.4, 0.5) is 0 Å². The van der Waals surface area contributed by atoms with E-state index in [1.807, 2.05) is 6.92 Å². The molecule has 0 aliphatic carbocycles. The summed E-state index contributed by atoms with van der Waals surface area (Å²) in [4.78, 5) is 0.421. The van der Waals surface area contributed by atoms with Crippen LogP contribution >= 0.6 is 12.2 Å². The molecular weight excluding hydrogens is 132 g/mol. The Morgan fingerprint density at radius 1 is 1.67 bits per heavy atom. The monoisotopic (exact) mass is 146 g/mol. The lowest BCUT2D eigenvalue weighted by Gasteiger charge is -2.15. The first-order chi connectivity index (χ1) is 4.09. The first kappa shape index (κ1) is 8.85. The molecular formula is C6H14N2S. The summed E-state index contributed by atoms with van der Waals surface area (Å²) in [6, 6.07) is -0.106. The van der Waals surface area contributed by atoms with Crippen molar-refractivity contribution in [2.75, 3.05) is 0 Å². The fourth-order valence-corrected chi connectivity index (χ4v) is 0.767. The Labute approximate surface area is 61.6 Å². The summed E-state index contributed by atoms with van der Waals surface area (Å²) >= 11 is 4.71. The van der Waals surface area contributed by atoms with Gasteiger partial charge in [-0.3, -0.25) is 0 Å². The van der Waals surface area contributed by atoms with E-state index in [9.17, 15) is 0 Å². The molecule has 0 aromatic heterocycles. The number of hydrogen-bond donors (Lipinski definition) is 2. The standard InChI is InChI=1S/C6H14N2S/c1-3-4(2)5(7)6(8)9/h4-5H,3,7H2,1-2H3,(H2,8,9)/t4?,5-/m1/s1. The van der Waals surface area contributed by atoms with Gasteiger partial charge in [0, 0.05) is 0 Å². The van der Waals surface area contributed by atoms with Crippen LogP contribution < -0.4 is 11.5 Å². The third-order valence-electron chi connectivity index (χ3n) is 1.59. The van der Waals surface area contributed by atoms with Gasteiger partial charge in [-0.2, -0.15) is 0 Å². The van der Waals surface area contributed by atoms with Crippen molar-refractivity contribution in [2.24, 2.45) is 17.4 Å². The molecule has 0 aliphatic rings. The van der Waals surface area contributed by atoms with Crippen molar-refractivity contribution in [3.63, 3.8) is 0 Å². The number of thiocarbonyl (C=S) groups is 1. The van der Waals surface area contributed by atoms with E-state index < -0.39 is 0 Å². The molecule has 0 aromatic carbocycles. The van der Waals surface area contributed by atoms with Gasteiger partial charge >= 0.3 is 0 Å². The zero-order chi connectivity index (χ0) is 7.44. The van der Waals surface area contributed by atoms with Gasteiger partial charge in [0.1, 0.15) is 0 Å². The average molecular weight is 146 g/mol. The van der Waals surface area contributed by atoms with Crippen LogP contribution in [0.2, 0.25) is 0 Å². The van der Waals surface area contributed by atoms with Crippen LogP contribution in [0, 0.1) is 5.92 Å². The fourth-order valence-electron chi connectivity index (χ4n) is 0.534. The van der Waals surface area contributed by atoms with E-state index in [4.69, 9.17) is 23.7 Å². The minimum absolute atomic E-state index is 0.106. The Kier molecular flexibility index (Phi) is 3.73. The summed E-state index contributed by atoms with van der Waals surface area (Å²) in [6.45, 7) is 4.12. The van der Waals surface area contributed by atoms with Gasteiger partial charge in [0.15, 0.2) is 0 Å². The predicted octanol–water partition coefficient (Wildman–Crippen LogP) is 0.646. The van der Waals surface area contributed by atoms with Crippen LogP contribution in [0.25, 0.3) is 0 Å². The lowest BCUT2D eigenvalue weighted by Crippen LogP contribution is -2.40. The quantitative estimate of drug-likeness (QED) is 0.575. The maximum absolute atomic E-state index is 5.60. The Morgan fingerprint density at radius 3 is 2.22 bits per heavy atom. The molecule has 2 atom stereocenters. The lowest BCUT2D eigenvalue weighted by atomic mass is 10.0. The van der Waals surface area contributed by atoms with Crippen LogP contribution in [0.5, 0.6) is 0 Å². The van der Waals surface area contributed by atoms with Gasteiger partial charge in [0.25, 0.3) is 0 Å². The van der Waals surface area contributed by atoms with Gasteiger partial charge in [-0.05, 0) is 5.92 Å². The molecule has 0 rings (SSSR count). The summed E-state index contributed by atoms with van der Waals surface area (Å²) in [5, 5.41) is 0. The highest BCUT2D eigenvalue weighted by Gasteiger charge is 2.11. The van der Waals surface area contributed by atoms with E-state index in [-0.39, 0.29) is 6.04 Å². The Bertz CT molecular complexity index is 103. The molecule has 0 heterocycles. The minimum Gasteiger partial charge on any atom is -0.392 e. The van der Waals surface area contributed by atoms with Gasteiger partial charge < -0.3 is 11.5 Å². The lowest BCUT2D eigenvalue weighted by molar-refractivity contribution is 0.523. The van der Waals surface area contributed by atoms with Gasteiger partial charge in [-0.15, -0.1) is 0 Å². The first-order valence-electron chi connectivity index (χ1n) is 3.14. The molecule has 0 aliphatic heterocycles. The van der Waals surface area contributed by atoms with Crippen molar-refractivity contribution in [3.8, 4) is 0 Å². The summed E-state index contributed by atoms with van der Waals surface area (Å²) < 4.78 is 0. The highest BCUT2D eigenvalue weighted by molar-refractivity contribution is 7.80. The molecule has 0 fully saturated rings. The SMILES string of the molecule is CCC(C)[C@@H](N)C(N)=S. The molecule has 0 bridgehead atoms. The highest BCUT2D eigenvalue weighted by Crippen LogP contribution is 2.04. The second-order valence-corrected chi connectivity index (χ2v) is 2.79. The van der Waals surface area contributed by atoms with Crippen LogP contribution in [-0.2, 0) is 0 Å². The zero-order valence-electron chi connectivity index (χ0n) is 5.92. The van der Waals surface area contributed by atoms with Gasteiger partial charge in [0.05, 0.1) is 11.0 Å². The summed E-state index contributed by atoms with van der Waals surface area (Å²) in [6.07, 6.45) is 1.03. The minimum atomic E-state index is -0.106. The zero-order valence-corrected chi connectivity index (χ0v) is 6.74. The van der Waals surface area contributed by atoms with Gasteiger partial charge in [-0.25, -0.2) is 0 Å². The van der Waals surface area contributed by atoms with Crippen molar-refractivity contribution in [2.45, 2.75) is 26.3 Å². The average Bonchev–Trinajstić information content (AvgIpc) is 1.84. The van der Waals surface area contributed by atoms with Crippen molar-refractivity contribution in [1.29, 1.82) is 0 Å². The van der Waals surface area contributed by atoms with Crippen LogP contribution in [0.15, 0.2) is 0 Å². The Morgan fingerprint density at radius 2 is 2.11 bits per heavy atom. The Hall–Kier alpha value is -0.150. The van der Waals surface area contributed by atoms with Crippen LogP contribution in [0.3, 0.4) is 0 Å². The number of nitrogens with two attached hydrogens (primary N) is 2. The number of hydrogen-bond acceptors (Lipinski definition) is 2. The van der Waals surface area contributed by atoms with E-state index >= 15 is 0 Å². The third-order valence-corrected chi connectivity index (χ3v) is 1.86. The van der Waals surface area contributed by atoms with Crippen molar-refractivity contribution >= 4 is 17.2 Å². The molecule has 0 radical (unpaired) electrons. The molecule has 1 unspecified atom stereocenters. The topological polar surface area (TPSA) is 52.0 Å². The molecule has 0 amide bonds. The molecule has 2 nitrogen and oxygen atoms in total. The van der Waals surface area contributed by atoms with E-state index in [1.165, 1.54) is 0 Å². The largest absolute Gasteiger partial charge is 0.392 e. The molecule has 4 N–H and O–H groups in total. The maximum atomic E-state index is 5.60. The molecule has 0 spiro atoms. The molecule has 0 saturated heterocycles. The molecule has 54 valence electrons. The normalized spacial score (nSPS) is 16.8. The van der Waals surface area contributed by atoms with Gasteiger partial charge in [-0.1, -0.05) is 32.5 Å². The van der Waals surface area contributed by atoms with Gasteiger partial charge in [0.2, 0.25) is 0 Å². The second-order valence-electron chi connectivity index (χ2n) is 2.31. The Balaban J connectivity index is 3.72. The van der Waals surface area contributed by atoms with E-state index in [1.54, 1.807) is 0 Å². The summed E-state index contributed by atoms with van der Waals surface area (Å²) in [5.41, 5.74) is 10.9. The number of rotatable bonds is 3. The van der Waals surface area contributed by atoms with E-state index in [0.717, 1.165) is 6.42 Å².